The molecule has 0 bridgehead atoms. The van der Waals surface area contributed by atoms with E-state index in [2.05, 4.69) is 6.92 Å². The van der Waals surface area contributed by atoms with E-state index in [1.165, 1.54) is 26.4 Å². The van der Waals surface area contributed by atoms with Crippen LogP contribution in [-0.4, -0.2) is 53.1 Å². The summed E-state index contributed by atoms with van der Waals surface area (Å²) in [7, 11) is -1.07. The van der Waals surface area contributed by atoms with Crippen molar-refractivity contribution in [3.8, 4) is 11.5 Å². The van der Waals surface area contributed by atoms with Crippen molar-refractivity contribution < 1.29 is 22.7 Å². The Morgan fingerprint density at radius 2 is 1.80 bits per heavy atom. The highest BCUT2D eigenvalue weighted by atomic mass is 32.2. The predicted octanol–water partition coefficient (Wildman–Crippen LogP) is 3.16. The van der Waals surface area contributed by atoms with Gasteiger partial charge in [0.25, 0.3) is 10.0 Å². The van der Waals surface area contributed by atoms with Crippen LogP contribution in [0.15, 0.2) is 53.4 Å². The number of amides is 1. The predicted molar refractivity (Wildman–Crippen MR) is 115 cm³/mol. The molecule has 0 aromatic heterocycles. The molecule has 162 valence electrons. The van der Waals surface area contributed by atoms with E-state index in [9.17, 15) is 13.2 Å². The second-order valence-electron chi connectivity index (χ2n) is 7.45. The van der Waals surface area contributed by atoms with Crippen molar-refractivity contribution in [1.29, 1.82) is 0 Å². The first-order chi connectivity index (χ1) is 14.4. The van der Waals surface area contributed by atoms with Crippen molar-refractivity contribution in [2.24, 2.45) is 5.92 Å². The Bertz CT molecular complexity index is 978. The Labute approximate surface area is 178 Å². The number of rotatable bonds is 7. The Kier molecular flexibility index (Phi) is 6.87. The summed E-state index contributed by atoms with van der Waals surface area (Å²) >= 11 is 0. The molecule has 0 N–H and O–H groups in total. The Morgan fingerprint density at radius 3 is 2.43 bits per heavy atom. The second kappa shape index (κ2) is 9.38. The summed E-state index contributed by atoms with van der Waals surface area (Å²) in [6, 6.07) is 13.1. The van der Waals surface area contributed by atoms with Crippen LogP contribution in [0.2, 0.25) is 0 Å². The molecule has 0 unspecified atom stereocenters. The van der Waals surface area contributed by atoms with Crippen molar-refractivity contribution in [3.05, 3.63) is 48.5 Å². The SMILES string of the molecule is COc1ccc(S(=O)(=O)N(CC(=O)N2CCC[C@H](C)C2)c2ccccc2)cc1OC. The Balaban J connectivity index is 1.97. The molecule has 2 aromatic rings. The van der Waals surface area contributed by atoms with Crippen molar-refractivity contribution in [2.45, 2.75) is 24.7 Å². The minimum atomic E-state index is -4.01. The first-order valence-corrected chi connectivity index (χ1v) is 11.4. The van der Waals surface area contributed by atoms with Crippen molar-refractivity contribution >= 4 is 21.6 Å². The highest BCUT2D eigenvalue weighted by Crippen LogP contribution is 2.32. The zero-order chi connectivity index (χ0) is 21.7. The fourth-order valence-corrected chi connectivity index (χ4v) is 5.08. The van der Waals surface area contributed by atoms with Crippen LogP contribution in [-0.2, 0) is 14.8 Å². The molecule has 2 aromatic carbocycles. The summed E-state index contributed by atoms with van der Waals surface area (Å²) in [5.41, 5.74) is 0.436. The van der Waals surface area contributed by atoms with Gasteiger partial charge in [-0.05, 0) is 43.0 Å². The summed E-state index contributed by atoms with van der Waals surface area (Å²) < 4.78 is 38.7. The molecule has 1 aliphatic rings. The molecule has 7 nitrogen and oxygen atoms in total. The van der Waals surface area contributed by atoms with Gasteiger partial charge >= 0.3 is 0 Å². The number of likely N-dealkylation sites (tertiary alicyclic amines) is 1. The van der Waals surface area contributed by atoms with E-state index in [1.807, 2.05) is 0 Å². The van der Waals surface area contributed by atoms with Gasteiger partial charge < -0.3 is 14.4 Å². The lowest BCUT2D eigenvalue weighted by atomic mass is 10.0. The van der Waals surface area contributed by atoms with Gasteiger partial charge in [-0.2, -0.15) is 0 Å². The first kappa shape index (κ1) is 22.0. The molecule has 1 heterocycles. The maximum atomic E-state index is 13.5. The molecule has 1 saturated heterocycles. The zero-order valence-electron chi connectivity index (χ0n) is 17.6. The first-order valence-electron chi connectivity index (χ1n) is 9.94. The summed E-state index contributed by atoms with van der Waals surface area (Å²) in [5, 5.41) is 0. The van der Waals surface area contributed by atoms with Crippen molar-refractivity contribution in [1.82, 2.24) is 4.90 Å². The number of methoxy groups -OCH3 is 2. The lowest BCUT2D eigenvalue weighted by Crippen LogP contribution is -2.46. The van der Waals surface area contributed by atoms with E-state index in [1.54, 1.807) is 41.3 Å². The quantitative estimate of drug-likeness (QED) is 0.672. The molecule has 1 fully saturated rings. The number of carbonyl (C=O) groups is 1. The minimum Gasteiger partial charge on any atom is -0.493 e. The van der Waals surface area contributed by atoms with Crippen LogP contribution >= 0.6 is 0 Å². The molecule has 1 amide bonds. The molecule has 0 aliphatic carbocycles. The smallest absolute Gasteiger partial charge is 0.264 e. The van der Waals surface area contributed by atoms with Crippen molar-refractivity contribution in [3.63, 3.8) is 0 Å². The third-order valence-corrected chi connectivity index (χ3v) is 7.05. The number of anilines is 1. The van der Waals surface area contributed by atoms with E-state index in [0.29, 0.717) is 36.2 Å². The standard InChI is InChI=1S/C22H28N2O5S/c1-17-8-7-13-23(15-17)22(25)16-24(18-9-5-4-6-10-18)30(26,27)19-11-12-20(28-2)21(14-19)29-3/h4-6,9-12,14,17H,7-8,13,15-16H2,1-3H3/t17-/m0/s1. The molecule has 0 spiro atoms. The van der Waals surface area contributed by atoms with Gasteiger partial charge in [0.15, 0.2) is 11.5 Å². The van der Waals surface area contributed by atoms with Crippen LogP contribution in [0.4, 0.5) is 5.69 Å². The maximum absolute atomic E-state index is 13.5. The lowest BCUT2D eigenvalue weighted by molar-refractivity contribution is -0.131. The molecule has 0 saturated carbocycles. The Hall–Kier alpha value is -2.74. The molecular formula is C22H28N2O5S. The number of hydrogen-bond acceptors (Lipinski definition) is 5. The van der Waals surface area contributed by atoms with E-state index in [-0.39, 0.29) is 17.3 Å². The molecule has 1 atom stereocenters. The number of carbonyl (C=O) groups excluding carboxylic acids is 1. The van der Waals surface area contributed by atoms with Crippen LogP contribution < -0.4 is 13.8 Å². The van der Waals surface area contributed by atoms with Gasteiger partial charge in [0, 0.05) is 19.2 Å². The van der Waals surface area contributed by atoms with Crippen LogP contribution in [0.3, 0.4) is 0 Å². The lowest BCUT2D eigenvalue weighted by Gasteiger charge is -2.33. The number of benzene rings is 2. The molecule has 8 heteroatoms. The summed E-state index contributed by atoms with van der Waals surface area (Å²) in [6.07, 6.45) is 2.01. The maximum Gasteiger partial charge on any atom is 0.264 e. The molecule has 0 radical (unpaired) electrons. The Morgan fingerprint density at radius 1 is 1.10 bits per heavy atom. The molecular weight excluding hydrogens is 404 g/mol. The molecule has 30 heavy (non-hydrogen) atoms. The zero-order valence-corrected chi connectivity index (χ0v) is 18.4. The number of para-hydroxylation sites is 1. The van der Waals surface area contributed by atoms with E-state index in [4.69, 9.17) is 9.47 Å². The normalized spacial score (nSPS) is 16.8. The third kappa shape index (κ3) is 4.70. The highest BCUT2D eigenvalue weighted by Gasteiger charge is 2.31. The van der Waals surface area contributed by atoms with Crippen LogP contribution in [0.5, 0.6) is 11.5 Å². The summed E-state index contributed by atoms with van der Waals surface area (Å²) in [5.74, 6) is 0.952. The van der Waals surface area contributed by atoms with Gasteiger partial charge in [-0.15, -0.1) is 0 Å². The largest absolute Gasteiger partial charge is 0.493 e. The minimum absolute atomic E-state index is 0.0313. The number of ether oxygens (including phenoxy) is 2. The van der Waals surface area contributed by atoms with Crippen LogP contribution in [0.1, 0.15) is 19.8 Å². The van der Waals surface area contributed by atoms with Gasteiger partial charge in [0.1, 0.15) is 6.54 Å². The third-order valence-electron chi connectivity index (χ3n) is 5.28. The van der Waals surface area contributed by atoms with Gasteiger partial charge in [-0.25, -0.2) is 8.42 Å². The van der Waals surface area contributed by atoms with Gasteiger partial charge in [-0.3, -0.25) is 9.10 Å². The van der Waals surface area contributed by atoms with Gasteiger partial charge in [0.2, 0.25) is 5.91 Å². The van der Waals surface area contributed by atoms with Crippen LogP contribution in [0, 0.1) is 5.92 Å². The molecule has 1 aliphatic heterocycles. The van der Waals surface area contributed by atoms with E-state index >= 15 is 0 Å². The number of piperidine rings is 1. The van der Waals surface area contributed by atoms with E-state index < -0.39 is 10.0 Å². The average Bonchev–Trinajstić information content (AvgIpc) is 2.77. The molecule has 3 rings (SSSR count). The summed E-state index contributed by atoms with van der Waals surface area (Å²) in [6.45, 7) is 3.16. The van der Waals surface area contributed by atoms with Gasteiger partial charge in [-0.1, -0.05) is 25.1 Å². The van der Waals surface area contributed by atoms with Crippen molar-refractivity contribution in [2.75, 3.05) is 38.2 Å². The average molecular weight is 433 g/mol. The topological polar surface area (TPSA) is 76.2 Å². The second-order valence-corrected chi connectivity index (χ2v) is 9.31. The summed E-state index contributed by atoms with van der Waals surface area (Å²) in [4.78, 5) is 14.8. The number of nitrogens with zero attached hydrogens (tertiary/aromatic N) is 2. The van der Waals surface area contributed by atoms with Crippen LogP contribution in [0.25, 0.3) is 0 Å². The van der Waals surface area contributed by atoms with Gasteiger partial charge in [0.05, 0.1) is 24.8 Å². The fraction of sp³-hybridized carbons (Fsp3) is 0.409. The van der Waals surface area contributed by atoms with E-state index in [0.717, 1.165) is 17.1 Å². The number of hydrogen-bond donors (Lipinski definition) is 0. The monoisotopic (exact) mass is 432 g/mol. The fourth-order valence-electron chi connectivity index (χ4n) is 3.65. The number of sulfonamides is 1. The highest BCUT2D eigenvalue weighted by molar-refractivity contribution is 7.92.